The molecule has 0 N–H and O–H groups in total. The van der Waals surface area contributed by atoms with Gasteiger partial charge < -0.3 is 0 Å². The van der Waals surface area contributed by atoms with Crippen LogP contribution in [0, 0.1) is 5.92 Å². The predicted octanol–water partition coefficient (Wildman–Crippen LogP) is 4.10. The summed E-state index contributed by atoms with van der Waals surface area (Å²) in [4.78, 5) is 0. The third kappa shape index (κ3) is 3.21. The first-order chi connectivity index (χ1) is 10.8. The lowest BCUT2D eigenvalue weighted by Gasteiger charge is -2.35. The van der Waals surface area contributed by atoms with Crippen LogP contribution in [0.25, 0.3) is 0 Å². The van der Waals surface area contributed by atoms with Crippen molar-refractivity contribution in [2.45, 2.75) is 13.0 Å². The lowest BCUT2D eigenvalue weighted by Crippen LogP contribution is -2.35. The number of rotatable bonds is 5. The number of hydrogen-bond donors (Lipinski definition) is 0. The average Bonchev–Trinajstić information content (AvgIpc) is 3.11. The molecule has 1 atom stereocenters. The molecule has 0 aromatic heterocycles. The van der Waals surface area contributed by atoms with Crippen LogP contribution in [-0.2, 0) is 0 Å². The van der Waals surface area contributed by atoms with Crippen LogP contribution in [0.2, 0.25) is 0 Å². The maximum Gasteiger partial charge on any atom is 0.0281 e. The van der Waals surface area contributed by atoms with Crippen LogP contribution in [0.5, 0.6) is 0 Å². The summed E-state index contributed by atoms with van der Waals surface area (Å²) < 4.78 is 2.55. The summed E-state index contributed by atoms with van der Waals surface area (Å²) in [6.45, 7) is 2.33. The zero-order valence-electron chi connectivity index (χ0n) is 13.1. The molecule has 0 aliphatic heterocycles. The standard InChI is InChI=1S/C20H22NP/c1-17(18-11-9-10-12-18)21(2)22(19-13-5-3-6-14-19)20-15-7-4-8-16-20/h3-18H,1-2H3/t17-/m1/s1. The van der Waals surface area contributed by atoms with Gasteiger partial charge in [-0.1, -0.05) is 85.0 Å². The van der Waals surface area contributed by atoms with E-state index in [1.807, 2.05) is 0 Å². The Morgan fingerprint density at radius 3 is 1.73 bits per heavy atom. The zero-order chi connectivity index (χ0) is 15.4. The molecule has 0 unspecified atom stereocenters. The van der Waals surface area contributed by atoms with Gasteiger partial charge in [-0.05, 0) is 24.6 Å². The Kier molecular flexibility index (Phi) is 4.87. The summed E-state index contributed by atoms with van der Waals surface area (Å²) in [5.41, 5.74) is 0. The van der Waals surface area contributed by atoms with E-state index in [9.17, 15) is 0 Å². The van der Waals surface area contributed by atoms with Gasteiger partial charge in [0.1, 0.15) is 0 Å². The van der Waals surface area contributed by atoms with Crippen molar-refractivity contribution < 1.29 is 0 Å². The Bertz CT molecular complexity index is 596. The fraction of sp³-hybridized carbons (Fsp3) is 0.200. The monoisotopic (exact) mass is 307 g/mol. The highest BCUT2D eigenvalue weighted by Crippen LogP contribution is 2.40. The Balaban J connectivity index is 1.95. The van der Waals surface area contributed by atoms with Gasteiger partial charge in [-0.15, -0.1) is 0 Å². The van der Waals surface area contributed by atoms with Crippen LogP contribution in [0.15, 0.2) is 85.0 Å². The first-order valence-electron chi connectivity index (χ1n) is 7.75. The van der Waals surface area contributed by atoms with Gasteiger partial charge in [0.15, 0.2) is 0 Å². The van der Waals surface area contributed by atoms with Gasteiger partial charge >= 0.3 is 0 Å². The van der Waals surface area contributed by atoms with Crippen molar-refractivity contribution in [3.8, 4) is 0 Å². The number of hydrogen-bond acceptors (Lipinski definition) is 1. The molecule has 1 aliphatic rings. The molecule has 1 nitrogen and oxygen atoms in total. The largest absolute Gasteiger partial charge is 0.274 e. The van der Waals surface area contributed by atoms with Crippen molar-refractivity contribution >= 4 is 18.7 Å². The molecule has 1 aliphatic carbocycles. The third-order valence-corrected chi connectivity index (χ3v) is 6.81. The van der Waals surface area contributed by atoms with Crippen LogP contribution in [0.1, 0.15) is 6.92 Å². The first kappa shape index (κ1) is 15.2. The highest BCUT2D eigenvalue weighted by molar-refractivity contribution is 7.70. The number of allylic oxidation sites excluding steroid dienone is 2. The highest BCUT2D eigenvalue weighted by atomic mass is 31.1. The van der Waals surface area contributed by atoms with E-state index in [1.165, 1.54) is 10.6 Å². The van der Waals surface area contributed by atoms with Crippen LogP contribution >= 0.6 is 8.07 Å². The molecule has 2 aromatic rings. The average molecular weight is 307 g/mol. The molecule has 0 bridgehead atoms. The summed E-state index contributed by atoms with van der Waals surface area (Å²) in [6.07, 6.45) is 8.90. The summed E-state index contributed by atoms with van der Waals surface area (Å²) in [7, 11) is 1.76. The molecule has 2 aromatic carbocycles. The second kappa shape index (κ2) is 7.05. The van der Waals surface area contributed by atoms with E-state index in [0.29, 0.717) is 12.0 Å². The molecule has 0 radical (unpaired) electrons. The molecule has 0 saturated carbocycles. The van der Waals surface area contributed by atoms with E-state index in [1.54, 1.807) is 0 Å². The fourth-order valence-electron chi connectivity index (χ4n) is 2.85. The topological polar surface area (TPSA) is 3.24 Å². The normalized spacial score (nSPS) is 15.8. The van der Waals surface area contributed by atoms with E-state index in [2.05, 4.69) is 104 Å². The van der Waals surface area contributed by atoms with Crippen molar-refractivity contribution in [2.75, 3.05) is 7.05 Å². The molecular weight excluding hydrogens is 285 g/mol. The van der Waals surface area contributed by atoms with Crippen molar-refractivity contribution in [1.29, 1.82) is 0 Å². The molecule has 0 heterocycles. The Morgan fingerprint density at radius 1 is 0.818 bits per heavy atom. The molecule has 22 heavy (non-hydrogen) atoms. The molecule has 0 spiro atoms. The Hall–Kier alpha value is -1.69. The van der Waals surface area contributed by atoms with Crippen molar-refractivity contribution in [1.82, 2.24) is 4.67 Å². The van der Waals surface area contributed by atoms with Crippen molar-refractivity contribution in [3.63, 3.8) is 0 Å². The lowest BCUT2D eigenvalue weighted by molar-refractivity contribution is 0.383. The molecule has 2 heteroatoms. The Labute approximate surface area is 134 Å². The smallest absolute Gasteiger partial charge is 0.0281 e. The third-order valence-electron chi connectivity index (χ3n) is 4.24. The maximum atomic E-state index is 2.55. The quantitative estimate of drug-likeness (QED) is 0.752. The lowest BCUT2D eigenvalue weighted by atomic mass is 10.0. The van der Waals surface area contributed by atoms with E-state index in [4.69, 9.17) is 0 Å². The van der Waals surface area contributed by atoms with Crippen LogP contribution in [0.4, 0.5) is 0 Å². The summed E-state index contributed by atoms with van der Waals surface area (Å²) >= 11 is 0. The molecule has 0 amide bonds. The van der Waals surface area contributed by atoms with Crippen molar-refractivity contribution in [3.05, 3.63) is 85.0 Å². The van der Waals surface area contributed by atoms with Crippen molar-refractivity contribution in [2.24, 2.45) is 5.92 Å². The van der Waals surface area contributed by atoms with Crippen LogP contribution in [-0.4, -0.2) is 17.8 Å². The van der Waals surface area contributed by atoms with Gasteiger partial charge in [-0.25, -0.2) is 0 Å². The Morgan fingerprint density at radius 2 is 1.27 bits per heavy atom. The second-order valence-corrected chi connectivity index (χ2v) is 7.93. The van der Waals surface area contributed by atoms with E-state index < -0.39 is 8.07 Å². The first-order valence-corrected chi connectivity index (χ1v) is 9.05. The SMILES string of the molecule is C[C@H](C1C=CC=C1)N(C)P(c1ccccc1)c1ccccc1. The van der Waals surface area contributed by atoms with Gasteiger partial charge in [-0.2, -0.15) is 0 Å². The van der Waals surface area contributed by atoms with E-state index in [0.717, 1.165) is 0 Å². The number of nitrogens with zero attached hydrogens (tertiary/aromatic N) is 1. The zero-order valence-corrected chi connectivity index (χ0v) is 14.0. The highest BCUT2D eigenvalue weighted by Gasteiger charge is 2.26. The molecule has 3 rings (SSSR count). The summed E-state index contributed by atoms with van der Waals surface area (Å²) in [5.74, 6) is 0.502. The minimum atomic E-state index is -0.502. The van der Waals surface area contributed by atoms with Crippen LogP contribution in [0.3, 0.4) is 0 Å². The van der Waals surface area contributed by atoms with E-state index >= 15 is 0 Å². The minimum absolute atomic E-state index is 0.474. The van der Waals surface area contributed by atoms with Gasteiger partial charge in [0, 0.05) is 20.0 Å². The van der Waals surface area contributed by atoms with Gasteiger partial charge in [0.05, 0.1) is 0 Å². The van der Waals surface area contributed by atoms with Gasteiger partial charge in [-0.3, -0.25) is 4.67 Å². The molecule has 0 fully saturated rings. The summed E-state index contributed by atoms with van der Waals surface area (Å²) in [5, 5.41) is 2.81. The molecule has 0 saturated heterocycles. The van der Waals surface area contributed by atoms with Gasteiger partial charge in [0.25, 0.3) is 0 Å². The van der Waals surface area contributed by atoms with Crippen LogP contribution < -0.4 is 10.6 Å². The second-order valence-electron chi connectivity index (χ2n) is 5.64. The summed E-state index contributed by atoms with van der Waals surface area (Å²) in [6, 6.07) is 22.2. The molecule has 112 valence electrons. The predicted molar refractivity (Wildman–Crippen MR) is 98.1 cm³/mol. The number of benzene rings is 2. The van der Waals surface area contributed by atoms with E-state index in [-0.39, 0.29) is 0 Å². The fourth-order valence-corrected chi connectivity index (χ4v) is 5.31. The van der Waals surface area contributed by atoms with Gasteiger partial charge in [0.2, 0.25) is 0 Å². The molecular formula is C20H22NP. The minimum Gasteiger partial charge on any atom is -0.274 e. The maximum absolute atomic E-state index is 2.55.